The summed E-state index contributed by atoms with van der Waals surface area (Å²) in [6, 6.07) is 8.77. The number of nitrogens with zero attached hydrogens (tertiary/aromatic N) is 2. The predicted molar refractivity (Wildman–Crippen MR) is 129 cm³/mol. The highest BCUT2D eigenvalue weighted by atomic mass is 35.5. The maximum atomic E-state index is 13.0. The van der Waals surface area contributed by atoms with E-state index < -0.39 is 15.4 Å². The van der Waals surface area contributed by atoms with Gasteiger partial charge in [-0.1, -0.05) is 23.2 Å². The molecule has 2 bridgehead atoms. The van der Waals surface area contributed by atoms with E-state index in [2.05, 4.69) is 15.2 Å². The van der Waals surface area contributed by atoms with E-state index in [-0.39, 0.29) is 28.9 Å². The molecule has 2 aliphatic heterocycles. The molecule has 10 heteroatoms. The molecular formula is C23H27Cl2N3O4S. The first-order valence-corrected chi connectivity index (χ1v) is 13.5. The van der Waals surface area contributed by atoms with Crippen molar-refractivity contribution in [1.82, 2.24) is 10.3 Å². The van der Waals surface area contributed by atoms with Gasteiger partial charge in [0.25, 0.3) is 5.91 Å². The summed E-state index contributed by atoms with van der Waals surface area (Å²) in [5, 5.41) is 4.00. The zero-order valence-electron chi connectivity index (χ0n) is 18.7. The van der Waals surface area contributed by atoms with E-state index in [1.165, 1.54) is 12.5 Å². The number of hydrogen-bond donors (Lipinski definition) is 1. The minimum absolute atomic E-state index is 0.0186. The lowest BCUT2D eigenvalue weighted by Crippen LogP contribution is -2.55. The Bertz CT molecular complexity index is 1140. The van der Waals surface area contributed by atoms with Crippen molar-refractivity contribution < 1.29 is 17.9 Å². The third-order valence-corrected chi connectivity index (χ3v) is 7.92. The second kappa shape index (κ2) is 8.96. The van der Waals surface area contributed by atoms with Gasteiger partial charge in [0.1, 0.15) is 11.6 Å². The summed E-state index contributed by atoms with van der Waals surface area (Å²) in [6.07, 6.45) is 6.18. The molecule has 2 aromatic rings. The smallest absolute Gasteiger partial charge is 0.263 e. The average Bonchev–Trinajstić information content (AvgIpc) is 3.00. The third-order valence-electron chi connectivity index (χ3n) is 6.29. The molecule has 3 atom stereocenters. The third kappa shape index (κ3) is 5.23. The molecule has 0 saturated carbocycles. The Morgan fingerprint density at radius 2 is 1.82 bits per heavy atom. The van der Waals surface area contributed by atoms with Crippen molar-refractivity contribution >= 4 is 44.8 Å². The minimum atomic E-state index is -3.28. The summed E-state index contributed by atoms with van der Waals surface area (Å²) < 4.78 is 29.4. The van der Waals surface area contributed by atoms with Crippen LogP contribution >= 0.6 is 23.2 Å². The number of anilines is 1. The SMILES string of the molecule is CC(C)(Oc1ccc(Cl)cc1Cl)C(=O)NC1C[C@H]2CC[C@@H](C1)N2c1ccc(S(C)(=O)=O)cn1. The molecule has 1 unspecified atom stereocenters. The maximum Gasteiger partial charge on any atom is 0.263 e. The maximum absolute atomic E-state index is 13.0. The van der Waals surface area contributed by atoms with Gasteiger partial charge < -0.3 is 15.0 Å². The number of hydrogen-bond acceptors (Lipinski definition) is 6. The normalized spacial score (nSPS) is 22.8. The van der Waals surface area contributed by atoms with Gasteiger partial charge in [-0.05, 0) is 69.9 Å². The Morgan fingerprint density at radius 3 is 2.36 bits per heavy atom. The Kier molecular flexibility index (Phi) is 6.55. The van der Waals surface area contributed by atoms with Gasteiger partial charge in [0.15, 0.2) is 15.4 Å². The van der Waals surface area contributed by atoms with E-state index >= 15 is 0 Å². The Hall–Kier alpha value is -2.03. The molecule has 0 radical (unpaired) electrons. The van der Waals surface area contributed by atoms with E-state index in [0.717, 1.165) is 31.5 Å². The van der Waals surface area contributed by atoms with Crippen LogP contribution in [0.15, 0.2) is 41.4 Å². The fourth-order valence-electron chi connectivity index (χ4n) is 4.65. The first-order valence-electron chi connectivity index (χ1n) is 10.8. The average molecular weight is 512 g/mol. The first kappa shape index (κ1) is 24.1. The van der Waals surface area contributed by atoms with Crippen LogP contribution in [-0.2, 0) is 14.6 Å². The number of aromatic nitrogens is 1. The molecule has 33 heavy (non-hydrogen) atoms. The highest BCUT2D eigenvalue weighted by Crippen LogP contribution is 2.39. The second-order valence-electron chi connectivity index (χ2n) is 9.25. The van der Waals surface area contributed by atoms with Crippen LogP contribution < -0.4 is 15.0 Å². The van der Waals surface area contributed by atoms with E-state index in [9.17, 15) is 13.2 Å². The molecule has 3 heterocycles. The lowest BCUT2D eigenvalue weighted by atomic mass is 9.96. The number of halogens is 2. The van der Waals surface area contributed by atoms with Gasteiger partial charge >= 0.3 is 0 Å². The van der Waals surface area contributed by atoms with Crippen LogP contribution in [0.1, 0.15) is 39.5 Å². The van der Waals surface area contributed by atoms with Crippen molar-refractivity contribution in [2.75, 3.05) is 11.2 Å². The molecule has 4 rings (SSSR count). The van der Waals surface area contributed by atoms with Crippen molar-refractivity contribution in [3.63, 3.8) is 0 Å². The number of pyridine rings is 1. The quantitative estimate of drug-likeness (QED) is 0.622. The Morgan fingerprint density at radius 1 is 1.15 bits per heavy atom. The second-order valence-corrected chi connectivity index (χ2v) is 12.1. The van der Waals surface area contributed by atoms with E-state index in [1.54, 1.807) is 44.2 Å². The van der Waals surface area contributed by atoms with Crippen molar-refractivity contribution in [2.24, 2.45) is 0 Å². The van der Waals surface area contributed by atoms with E-state index in [0.29, 0.717) is 15.8 Å². The van der Waals surface area contributed by atoms with Crippen molar-refractivity contribution in [3.05, 3.63) is 46.6 Å². The van der Waals surface area contributed by atoms with Crippen LogP contribution in [-0.4, -0.2) is 49.3 Å². The predicted octanol–water partition coefficient (Wildman–Crippen LogP) is 4.27. The fraction of sp³-hybridized carbons (Fsp3) is 0.478. The zero-order chi connectivity index (χ0) is 24.0. The van der Waals surface area contributed by atoms with Gasteiger partial charge in [0.2, 0.25) is 0 Å². The Labute approximate surface area is 204 Å². The number of fused-ring (bicyclic) bond motifs is 2. The summed E-state index contributed by atoms with van der Waals surface area (Å²) in [7, 11) is -3.28. The zero-order valence-corrected chi connectivity index (χ0v) is 21.0. The Balaban J connectivity index is 1.41. The molecule has 2 aliphatic rings. The molecule has 2 saturated heterocycles. The van der Waals surface area contributed by atoms with Crippen LogP contribution in [0.2, 0.25) is 10.0 Å². The molecule has 178 valence electrons. The fourth-order valence-corrected chi connectivity index (χ4v) is 5.66. The highest BCUT2D eigenvalue weighted by molar-refractivity contribution is 7.90. The number of sulfone groups is 1. The number of rotatable bonds is 6. The summed E-state index contributed by atoms with van der Waals surface area (Å²) in [5.41, 5.74) is -1.11. The summed E-state index contributed by atoms with van der Waals surface area (Å²) >= 11 is 12.1. The molecule has 0 spiro atoms. The number of benzene rings is 1. The number of piperidine rings is 1. The van der Waals surface area contributed by atoms with E-state index in [4.69, 9.17) is 27.9 Å². The lowest BCUT2D eigenvalue weighted by Gasteiger charge is -2.40. The molecule has 7 nitrogen and oxygen atoms in total. The minimum Gasteiger partial charge on any atom is -0.476 e. The first-order chi connectivity index (χ1) is 15.4. The topological polar surface area (TPSA) is 88.6 Å². The number of carbonyl (C=O) groups is 1. The van der Waals surface area contributed by atoms with Gasteiger partial charge in [-0.15, -0.1) is 0 Å². The van der Waals surface area contributed by atoms with Crippen molar-refractivity contribution in [1.29, 1.82) is 0 Å². The van der Waals surface area contributed by atoms with Gasteiger partial charge in [-0.2, -0.15) is 0 Å². The summed E-state index contributed by atoms with van der Waals surface area (Å²) in [6.45, 7) is 3.43. The molecule has 2 fully saturated rings. The number of ether oxygens (including phenoxy) is 1. The van der Waals surface area contributed by atoms with Crippen molar-refractivity contribution in [2.45, 2.75) is 68.2 Å². The highest BCUT2D eigenvalue weighted by Gasteiger charge is 2.43. The van der Waals surface area contributed by atoms with Gasteiger partial charge in [-0.3, -0.25) is 4.79 Å². The standard InChI is InChI=1S/C23H27Cl2N3O4S/c1-23(2,32-20-8-4-14(24)10-19(20)25)22(29)27-15-11-16-5-6-17(12-15)28(16)21-9-7-18(13-26-21)33(3,30)31/h4,7-10,13,15-17H,5-6,11-12H2,1-3H3,(H,27,29)/t15?,16-,17+. The molecule has 0 aliphatic carbocycles. The molecule has 1 aromatic heterocycles. The molecule has 1 N–H and O–H groups in total. The number of amides is 1. The van der Waals surface area contributed by atoms with Crippen LogP contribution in [0, 0.1) is 0 Å². The molecule has 1 aromatic carbocycles. The van der Waals surface area contributed by atoms with Crippen LogP contribution in [0.3, 0.4) is 0 Å². The van der Waals surface area contributed by atoms with Gasteiger partial charge in [0, 0.05) is 35.6 Å². The lowest BCUT2D eigenvalue weighted by molar-refractivity contribution is -0.135. The largest absolute Gasteiger partial charge is 0.476 e. The van der Waals surface area contributed by atoms with Gasteiger partial charge in [0.05, 0.1) is 9.92 Å². The molecular weight excluding hydrogens is 485 g/mol. The van der Waals surface area contributed by atoms with Crippen molar-refractivity contribution in [3.8, 4) is 5.75 Å². The monoisotopic (exact) mass is 511 g/mol. The molecule has 1 amide bonds. The number of nitrogens with one attached hydrogen (secondary N) is 1. The summed E-state index contributed by atoms with van der Waals surface area (Å²) in [4.78, 5) is 19.9. The number of carbonyl (C=O) groups excluding carboxylic acids is 1. The summed E-state index contributed by atoms with van der Waals surface area (Å²) in [5.74, 6) is 0.974. The van der Waals surface area contributed by atoms with E-state index in [1.807, 2.05) is 0 Å². The van der Waals surface area contributed by atoms with Crippen LogP contribution in [0.25, 0.3) is 0 Å². The van der Waals surface area contributed by atoms with Gasteiger partial charge in [-0.25, -0.2) is 13.4 Å². The van der Waals surface area contributed by atoms with Crippen LogP contribution in [0.4, 0.5) is 5.82 Å². The van der Waals surface area contributed by atoms with Crippen LogP contribution in [0.5, 0.6) is 5.75 Å².